The zero-order valence-electron chi connectivity index (χ0n) is 14.9. The molecule has 8 heteroatoms. The second-order valence-corrected chi connectivity index (χ2v) is 7.25. The van der Waals surface area contributed by atoms with E-state index in [0.717, 1.165) is 58.3 Å². The van der Waals surface area contributed by atoms with E-state index < -0.39 is 0 Å². The summed E-state index contributed by atoms with van der Waals surface area (Å²) < 4.78 is 10.8. The quantitative estimate of drug-likeness (QED) is 0.765. The lowest BCUT2D eigenvalue weighted by molar-refractivity contribution is -0.135. The standard InChI is InChI=1S/C17H27N5O3/c1-13(17-18-16(19-25-17)14-2-3-14)21-4-6-22(7-5-21)15(23)12-20-8-10-24-11-9-20/h13-14H,2-12H2,1H3/t13-/m0/s1. The number of nitrogens with zero attached hydrogens (tertiary/aromatic N) is 5. The van der Waals surface area contributed by atoms with Crippen LogP contribution in [0.3, 0.4) is 0 Å². The third-order valence-corrected chi connectivity index (χ3v) is 5.43. The smallest absolute Gasteiger partial charge is 0.243 e. The molecule has 2 saturated heterocycles. The van der Waals surface area contributed by atoms with Gasteiger partial charge in [0, 0.05) is 45.2 Å². The topological polar surface area (TPSA) is 74.9 Å². The summed E-state index contributed by atoms with van der Waals surface area (Å²) in [5.41, 5.74) is 0. The molecule has 1 aromatic heterocycles. The Morgan fingerprint density at radius 1 is 1.16 bits per heavy atom. The molecule has 1 amide bonds. The zero-order valence-corrected chi connectivity index (χ0v) is 14.9. The Labute approximate surface area is 148 Å². The highest BCUT2D eigenvalue weighted by Crippen LogP contribution is 2.38. The van der Waals surface area contributed by atoms with Crippen molar-refractivity contribution >= 4 is 5.91 Å². The van der Waals surface area contributed by atoms with Crippen molar-refractivity contribution in [3.05, 3.63) is 11.7 Å². The van der Waals surface area contributed by atoms with Crippen molar-refractivity contribution in [2.75, 3.05) is 59.0 Å². The van der Waals surface area contributed by atoms with E-state index in [1.165, 1.54) is 12.8 Å². The van der Waals surface area contributed by atoms with Crippen LogP contribution in [0.25, 0.3) is 0 Å². The molecule has 1 atom stereocenters. The highest BCUT2D eigenvalue weighted by molar-refractivity contribution is 5.78. The highest BCUT2D eigenvalue weighted by Gasteiger charge is 2.32. The van der Waals surface area contributed by atoms with E-state index in [1.54, 1.807) is 0 Å². The molecule has 0 spiro atoms. The zero-order chi connectivity index (χ0) is 17.2. The van der Waals surface area contributed by atoms with Crippen molar-refractivity contribution in [2.45, 2.75) is 31.7 Å². The van der Waals surface area contributed by atoms with Gasteiger partial charge in [-0.3, -0.25) is 14.6 Å². The van der Waals surface area contributed by atoms with Crippen LogP contribution in [0.4, 0.5) is 0 Å². The van der Waals surface area contributed by atoms with E-state index in [-0.39, 0.29) is 11.9 Å². The summed E-state index contributed by atoms with van der Waals surface area (Å²) in [7, 11) is 0. The minimum atomic E-state index is 0.108. The van der Waals surface area contributed by atoms with E-state index in [1.807, 2.05) is 4.90 Å². The lowest BCUT2D eigenvalue weighted by Gasteiger charge is -2.38. The van der Waals surface area contributed by atoms with Gasteiger partial charge in [-0.15, -0.1) is 0 Å². The first kappa shape index (κ1) is 16.9. The van der Waals surface area contributed by atoms with Crippen molar-refractivity contribution in [1.29, 1.82) is 0 Å². The average Bonchev–Trinajstić information content (AvgIpc) is 3.39. The van der Waals surface area contributed by atoms with Gasteiger partial charge >= 0.3 is 0 Å². The molecule has 3 aliphatic rings. The molecule has 0 aromatic carbocycles. The fraction of sp³-hybridized carbons (Fsp3) is 0.824. The van der Waals surface area contributed by atoms with Crippen molar-refractivity contribution in [1.82, 2.24) is 24.8 Å². The van der Waals surface area contributed by atoms with Gasteiger partial charge in [0.1, 0.15) is 0 Å². The first-order valence-corrected chi connectivity index (χ1v) is 9.36. The number of amides is 1. The van der Waals surface area contributed by atoms with Crippen LogP contribution in [0.5, 0.6) is 0 Å². The van der Waals surface area contributed by atoms with E-state index in [9.17, 15) is 4.79 Å². The molecule has 0 N–H and O–H groups in total. The number of hydrogen-bond acceptors (Lipinski definition) is 7. The molecule has 8 nitrogen and oxygen atoms in total. The molecule has 138 valence electrons. The molecule has 1 aliphatic carbocycles. The number of piperazine rings is 1. The molecule has 4 rings (SSSR count). The number of morpholine rings is 1. The summed E-state index contributed by atoms with van der Waals surface area (Å²) in [6.07, 6.45) is 2.36. The van der Waals surface area contributed by atoms with Gasteiger partial charge in [0.25, 0.3) is 0 Å². The summed E-state index contributed by atoms with van der Waals surface area (Å²) in [4.78, 5) is 23.5. The maximum atomic E-state index is 12.5. The Hall–Kier alpha value is -1.51. The summed E-state index contributed by atoms with van der Waals surface area (Å²) in [5.74, 6) is 2.30. The van der Waals surface area contributed by atoms with Crippen molar-refractivity contribution in [3.63, 3.8) is 0 Å². The van der Waals surface area contributed by atoms with E-state index in [4.69, 9.17) is 9.26 Å². The van der Waals surface area contributed by atoms with Gasteiger partial charge in [-0.2, -0.15) is 4.98 Å². The Balaban J connectivity index is 1.26. The third-order valence-electron chi connectivity index (χ3n) is 5.43. The molecule has 2 aliphatic heterocycles. The largest absolute Gasteiger partial charge is 0.379 e. The molecule has 3 heterocycles. The van der Waals surface area contributed by atoms with E-state index in [0.29, 0.717) is 18.4 Å². The minimum absolute atomic E-state index is 0.108. The molecule has 1 aromatic rings. The molecule has 3 fully saturated rings. The molecule has 0 bridgehead atoms. The second-order valence-electron chi connectivity index (χ2n) is 7.25. The molecule has 0 radical (unpaired) electrons. The summed E-state index contributed by atoms with van der Waals surface area (Å²) in [5, 5.41) is 4.11. The number of aromatic nitrogens is 2. The fourth-order valence-electron chi connectivity index (χ4n) is 3.49. The van der Waals surface area contributed by atoms with Crippen LogP contribution in [-0.4, -0.2) is 89.8 Å². The van der Waals surface area contributed by atoms with Crippen molar-refractivity contribution in [3.8, 4) is 0 Å². The van der Waals surface area contributed by atoms with Gasteiger partial charge < -0.3 is 14.2 Å². The first-order chi connectivity index (χ1) is 12.2. The van der Waals surface area contributed by atoms with Crippen LogP contribution < -0.4 is 0 Å². The maximum Gasteiger partial charge on any atom is 0.243 e. The van der Waals surface area contributed by atoms with Crippen LogP contribution in [0, 0.1) is 0 Å². The lowest BCUT2D eigenvalue weighted by Crippen LogP contribution is -2.52. The van der Waals surface area contributed by atoms with Gasteiger partial charge in [0.15, 0.2) is 5.82 Å². The van der Waals surface area contributed by atoms with Gasteiger partial charge in [-0.05, 0) is 19.8 Å². The van der Waals surface area contributed by atoms with Crippen LogP contribution in [0.1, 0.15) is 43.4 Å². The summed E-state index contributed by atoms with van der Waals surface area (Å²) in [6.45, 7) is 8.98. The van der Waals surface area contributed by atoms with Crippen molar-refractivity contribution in [2.24, 2.45) is 0 Å². The van der Waals surface area contributed by atoms with Crippen LogP contribution in [0.15, 0.2) is 4.52 Å². The highest BCUT2D eigenvalue weighted by atomic mass is 16.5. The first-order valence-electron chi connectivity index (χ1n) is 9.36. The molecular formula is C17H27N5O3. The van der Waals surface area contributed by atoms with Crippen LogP contribution >= 0.6 is 0 Å². The normalized spacial score (nSPS) is 24.4. The molecular weight excluding hydrogens is 322 g/mol. The minimum Gasteiger partial charge on any atom is -0.379 e. The number of hydrogen-bond donors (Lipinski definition) is 0. The van der Waals surface area contributed by atoms with E-state index >= 15 is 0 Å². The fourth-order valence-corrected chi connectivity index (χ4v) is 3.49. The van der Waals surface area contributed by atoms with Crippen LogP contribution in [-0.2, 0) is 9.53 Å². The Morgan fingerprint density at radius 3 is 2.56 bits per heavy atom. The SMILES string of the molecule is C[C@@H](c1nc(C2CC2)no1)N1CCN(C(=O)CN2CCOCC2)CC1. The Morgan fingerprint density at radius 2 is 1.88 bits per heavy atom. The van der Waals surface area contributed by atoms with Gasteiger partial charge in [-0.1, -0.05) is 5.16 Å². The summed E-state index contributed by atoms with van der Waals surface area (Å²) >= 11 is 0. The number of carbonyl (C=O) groups is 1. The van der Waals surface area contributed by atoms with Crippen molar-refractivity contribution < 1.29 is 14.1 Å². The Bertz CT molecular complexity index is 589. The van der Waals surface area contributed by atoms with Gasteiger partial charge in [0.2, 0.25) is 11.8 Å². The Kier molecular flexibility index (Phi) is 5.00. The van der Waals surface area contributed by atoms with E-state index in [2.05, 4.69) is 26.9 Å². The van der Waals surface area contributed by atoms with Crippen LogP contribution in [0.2, 0.25) is 0 Å². The second kappa shape index (κ2) is 7.39. The predicted molar refractivity (Wildman–Crippen MR) is 90.1 cm³/mol. The third kappa shape index (κ3) is 4.02. The number of ether oxygens (including phenoxy) is 1. The lowest BCUT2D eigenvalue weighted by atomic mass is 10.2. The molecule has 0 unspecified atom stereocenters. The predicted octanol–water partition coefficient (Wildman–Crippen LogP) is 0.484. The van der Waals surface area contributed by atoms with Gasteiger partial charge in [0.05, 0.1) is 25.8 Å². The summed E-state index contributed by atoms with van der Waals surface area (Å²) in [6, 6.07) is 0.108. The van der Waals surface area contributed by atoms with Gasteiger partial charge in [-0.25, -0.2) is 0 Å². The molecule has 25 heavy (non-hydrogen) atoms. The number of carbonyl (C=O) groups excluding carboxylic acids is 1. The average molecular weight is 349 g/mol. The molecule has 1 saturated carbocycles. The number of rotatable bonds is 5. The monoisotopic (exact) mass is 349 g/mol. The maximum absolute atomic E-state index is 12.5.